The van der Waals surface area contributed by atoms with Crippen molar-refractivity contribution >= 4 is 0 Å². The van der Waals surface area contributed by atoms with Crippen LogP contribution in [0.15, 0.2) is 0 Å². The molecule has 94 valence electrons. The lowest BCUT2D eigenvalue weighted by molar-refractivity contribution is 0.295. The third-order valence-corrected chi connectivity index (χ3v) is 4.43. The number of rotatable bonds is 3. The van der Waals surface area contributed by atoms with E-state index in [1.165, 1.54) is 58.2 Å². The van der Waals surface area contributed by atoms with Gasteiger partial charge in [-0.25, -0.2) is 0 Å². The Hall–Kier alpha value is -0.0800. The Morgan fingerprint density at radius 3 is 2.62 bits per heavy atom. The minimum atomic E-state index is 0.798. The Balaban J connectivity index is 1.73. The zero-order chi connectivity index (χ0) is 11.4. The van der Waals surface area contributed by atoms with Crippen LogP contribution in [-0.2, 0) is 0 Å². The highest BCUT2D eigenvalue weighted by molar-refractivity contribution is 4.83. The van der Waals surface area contributed by atoms with Gasteiger partial charge in [-0.05, 0) is 64.1 Å². The van der Waals surface area contributed by atoms with Gasteiger partial charge in [0.15, 0.2) is 0 Å². The zero-order valence-electron chi connectivity index (χ0n) is 11.0. The normalized spacial score (nSPS) is 37.5. The molecular weight excluding hydrogens is 196 g/mol. The van der Waals surface area contributed by atoms with Gasteiger partial charge in [-0.15, -0.1) is 0 Å². The molecule has 3 atom stereocenters. The maximum atomic E-state index is 3.91. The average molecular weight is 224 g/mol. The fourth-order valence-electron chi connectivity index (χ4n) is 3.33. The molecule has 1 saturated carbocycles. The van der Waals surface area contributed by atoms with Crippen LogP contribution in [0.2, 0.25) is 0 Å². The molecule has 0 radical (unpaired) electrons. The molecule has 0 spiro atoms. The summed E-state index contributed by atoms with van der Waals surface area (Å²) in [7, 11) is 0. The summed E-state index contributed by atoms with van der Waals surface area (Å²) in [4.78, 5) is 2.60. The summed E-state index contributed by atoms with van der Waals surface area (Å²) in [5.41, 5.74) is 0. The Kier molecular flexibility index (Phi) is 4.66. The van der Waals surface area contributed by atoms with Gasteiger partial charge < -0.3 is 10.2 Å². The first kappa shape index (κ1) is 12.4. The van der Waals surface area contributed by atoms with Crippen LogP contribution in [-0.4, -0.2) is 36.6 Å². The smallest absolute Gasteiger partial charge is 0.00823 e. The Morgan fingerprint density at radius 2 is 1.94 bits per heavy atom. The van der Waals surface area contributed by atoms with E-state index in [4.69, 9.17) is 0 Å². The number of hydrogen-bond acceptors (Lipinski definition) is 2. The molecule has 1 aliphatic heterocycles. The summed E-state index contributed by atoms with van der Waals surface area (Å²) >= 11 is 0. The third kappa shape index (κ3) is 3.46. The van der Waals surface area contributed by atoms with E-state index in [9.17, 15) is 0 Å². The van der Waals surface area contributed by atoms with Crippen molar-refractivity contribution in [2.75, 3.05) is 19.6 Å². The quantitative estimate of drug-likeness (QED) is 0.793. The SMILES string of the molecule is CCN1CCCC(NC2CCC(C)C2)CC1. The van der Waals surface area contributed by atoms with Gasteiger partial charge in [0.25, 0.3) is 0 Å². The van der Waals surface area contributed by atoms with Crippen molar-refractivity contribution in [1.82, 2.24) is 10.2 Å². The van der Waals surface area contributed by atoms with E-state index < -0.39 is 0 Å². The van der Waals surface area contributed by atoms with E-state index in [1.54, 1.807) is 0 Å². The summed E-state index contributed by atoms with van der Waals surface area (Å²) in [6.07, 6.45) is 8.39. The number of nitrogens with zero attached hydrogens (tertiary/aromatic N) is 1. The molecule has 3 unspecified atom stereocenters. The van der Waals surface area contributed by atoms with Crippen molar-refractivity contribution in [2.45, 2.75) is 64.5 Å². The number of nitrogens with one attached hydrogen (secondary N) is 1. The standard InChI is InChI=1S/C14H28N2/c1-3-16-9-4-5-13(8-10-16)15-14-7-6-12(2)11-14/h12-15H,3-11H2,1-2H3. The molecule has 0 aromatic rings. The first-order chi connectivity index (χ1) is 7.78. The molecule has 2 aliphatic rings. The number of likely N-dealkylation sites (tertiary alicyclic amines) is 1. The molecule has 1 aliphatic carbocycles. The largest absolute Gasteiger partial charge is 0.311 e. The summed E-state index contributed by atoms with van der Waals surface area (Å²) in [6.45, 7) is 8.53. The summed E-state index contributed by atoms with van der Waals surface area (Å²) in [5.74, 6) is 0.954. The highest BCUT2D eigenvalue weighted by Crippen LogP contribution is 2.26. The van der Waals surface area contributed by atoms with Crippen molar-refractivity contribution in [3.05, 3.63) is 0 Å². The molecule has 0 aromatic heterocycles. The molecule has 1 N–H and O–H groups in total. The van der Waals surface area contributed by atoms with E-state index in [2.05, 4.69) is 24.1 Å². The van der Waals surface area contributed by atoms with Gasteiger partial charge >= 0.3 is 0 Å². The van der Waals surface area contributed by atoms with Crippen LogP contribution in [0.1, 0.15) is 52.4 Å². The van der Waals surface area contributed by atoms with Crippen molar-refractivity contribution < 1.29 is 0 Å². The summed E-state index contributed by atoms with van der Waals surface area (Å²) in [5, 5.41) is 3.91. The van der Waals surface area contributed by atoms with Crippen LogP contribution in [0, 0.1) is 5.92 Å². The molecule has 2 rings (SSSR count). The minimum Gasteiger partial charge on any atom is -0.311 e. The van der Waals surface area contributed by atoms with Gasteiger partial charge in [0, 0.05) is 12.1 Å². The van der Waals surface area contributed by atoms with Crippen LogP contribution in [0.4, 0.5) is 0 Å². The monoisotopic (exact) mass is 224 g/mol. The molecule has 2 heteroatoms. The van der Waals surface area contributed by atoms with Gasteiger partial charge in [0.05, 0.1) is 0 Å². The number of hydrogen-bond donors (Lipinski definition) is 1. The van der Waals surface area contributed by atoms with Crippen LogP contribution in [0.5, 0.6) is 0 Å². The molecule has 2 nitrogen and oxygen atoms in total. The molecule has 0 aromatic carbocycles. The topological polar surface area (TPSA) is 15.3 Å². The third-order valence-electron chi connectivity index (χ3n) is 4.43. The van der Waals surface area contributed by atoms with Crippen LogP contribution < -0.4 is 5.32 Å². The fraction of sp³-hybridized carbons (Fsp3) is 1.00. The first-order valence-corrected chi connectivity index (χ1v) is 7.26. The lowest BCUT2D eigenvalue weighted by Gasteiger charge is -2.22. The van der Waals surface area contributed by atoms with Crippen LogP contribution in [0.3, 0.4) is 0 Å². The van der Waals surface area contributed by atoms with Crippen LogP contribution >= 0.6 is 0 Å². The fourth-order valence-corrected chi connectivity index (χ4v) is 3.33. The van der Waals surface area contributed by atoms with E-state index in [1.807, 2.05) is 0 Å². The van der Waals surface area contributed by atoms with Gasteiger partial charge in [-0.1, -0.05) is 13.8 Å². The molecule has 0 amide bonds. The lowest BCUT2D eigenvalue weighted by atomic mass is 10.1. The van der Waals surface area contributed by atoms with Gasteiger partial charge in [-0.3, -0.25) is 0 Å². The Labute approximate surface area is 101 Å². The average Bonchev–Trinajstić information content (AvgIpc) is 2.55. The zero-order valence-corrected chi connectivity index (χ0v) is 11.0. The van der Waals surface area contributed by atoms with Crippen molar-refractivity contribution in [1.29, 1.82) is 0 Å². The van der Waals surface area contributed by atoms with Gasteiger partial charge in [-0.2, -0.15) is 0 Å². The second-order valence-electron chi connectivity index (χ2n) is 5.84. The maximum absolute atomic E-state index is 3.91. The predicted molar refractivity (Wildman–Crippen MR) is 69.7 cm³/mol. The van der Waals surface area contributed by atoms with Gasteiger partial charge in [0.1, 0.15) is 0 Å². The molecular formula is C14H28N2. The lowest BCUT2D eigenvalue weighted by Crippen LogP contribution is -2.37. The van der Waals surface area contributed by atoms with Crippen molar-refractivity contribution in [2.24, 2.45) is 5.92 Å². The summed E-state index contributed by atoms with van der Waals surface area (Å²) in [6, 6.07) is 1.63. The van der Waals surface area contributed by atoms with E-state index in [0.29, 0.717) is 0 Å². The molecule has 16 heavy (non-hydrogen) atoms. The van der Waals surface area contributed by atoms with Crippen LogP contribution in [0.25, 0.3) is 0 Å². The minimum absolute atomic E-state index is 0.798. The Bertz CT molecular complexity index is 205. The predicted octanol–water partition coefficient (Wildman–Crippen LogP) is 2.64. The molecule has 1 saturated heterocycles. The Morgan fingerprint density at radius 1 is 1.06 bits per heavy atom. The first-order valence-electron chi connectivity index (χ1n) is 7.26. The second-order valence-corrected chi connectivity index (χ2v) is 5.84. The van der Waals surface area contributed by atoms with Gasteiger partial charge in [0.2, 0.25) is 0 Å². The highest BCUT2D eigenvalue weighted by atomic mass is 15.1. The summed E-state index contributed by atoms with van der Waals surface area (Å²) < 4.78 is 0. The van der Waals surface area contributed by atoms with E-state index in [0.717, 1.165) is 18.0 Å². The molecule has 2 fully saturated rings. The van der Waals surface area contributed by atoms with Crippen molar-refractivity contribution in [3.63, 3.8) is 0 Å². The maximum Gasteiger partial charge on any atom is 0.00823 e. The van der Waals surface area contributed by atoms with E-state index >= 15 is 0 Å². The highest BCUT2D eigenvalue weighted by Gasteiger charge is 2.24. The second kappa shape index (κ2) is 6.02. The molecule has 1 heterocycles. The van der Waals surface area contributed by atoms with Crippen molar-refractivity contribution in [3.8, 4) is 0 Å². The molecule has 0 bridgehead atoms. The van der Waals surface area contributed by atoms with E-state index in [-0.39, 0.29) is 0 Å².